The molecule has 7 nitrogen and oxygen atoms in total. The Morgan fingerprint density at radius 3 is 2.63 bits per heavy atom. The standard InChI is InChI=1S/C21H20N6OS2/c22-19-18-15(16-6-7-27(26-16)13-4-5-13)8-17(12-9-23-11-24-10-12)25-20(18)29-21(19)30(28)14-2-1-3-14/h6-11,13-14H,1-5,22H2. The topological polar surface area (TPSA) is 106 Å². The van der Waals surface area contributed by atoms with Gasteiger partial charge in [-0.15, -0.1) is 0 Å². The molecule has 1 atom stereocenters. The number of hydrogen-bond donors (Lipinski definition) is 1. The highest BCUT2D eigenvalue weighted by atomic mass is 32.2. The van der Waals surface area contributed by atoms with E-state index in [9.17, 15) is 4.55 Å². The summed E-state index contributed by atoms with van der Waals surface area (Å²) < 4.78 is 15.9. The number of thiophene rings is 1. The second kappa shape index (κ2) is 7.04. The first-order valence-corrected chi connectivity index (χ1v) is 12.2. The van der Waals surface area contributed by atoms with Crippen molar-refractivity contribution in [2.75, 3.05) is 5.73 Å². The molecule has 4 heterocycles. The van der Waals surface area contributed by atoms with Crippen LogP contribution in [0.2, 0.25) is 0 Å². The highest BCUT2D eigenvalue weighted by Gasteiger charge is 2.35. The normalized spacial score (nSPS) is 17.9. The van der Waals surface area contributed by atoms with E-state index in [1.807, 2.05) is 23.0 Å². The molecule has 152 valence electrons. The molecule has 2 aliphatic rings. The van der Waals surface area contributed by atoms with Crippen LogP contribution in [0, 0.1) is 0 Å². The summed E-state index contributed by atoms with van der Waals surface area (Å²) in [6.45, 7) is 0. The predicted molar refractivity (Wildman–Crippen MR) is 119 cm³/mol. The minimum absolute atomic E-state index is 0.208. The van der Waals surface area contributed by atoms with E-state index in [1.54, 1.807) is 12.4 Å². The number of hydrogen-bond acceptors (Lipinski definition) is 7. The summed E-state index contributed by atoms with van der Waals surface area (Å²) in [5, 5.41) is 5.88. The summed E-state index contributed by atoms with van der Waals surface area (Å²) in [6, 6.07) is 4.53. The van der Waals surface area contributed by atoms with Gasteiger partial charge in [-0.25, -0.2) is 15.0 Å². The van der Waals surface area contributed by atoms with Crippen LogP contribution in [0.3, 0.4) is 0 Å². The molecule has 0 aliphatic heterocycles. The van der Waals surface area contributed by atoms with E-state index >= 15 is 0 Å². The van der Waals surface area contributed by atoms with Crippen molar-refractivity contribution in [2.45, 2.75) is 47.6 Å². The fraction of sp³-hybridized carbons (Fsp3) is 0.333. The van der Waals surface area contributed by atoms with Crippen molar-refractivity contribution < 1.29 is 4.55 Å². The maximum Gasteiger partial charge on any atom is 0.232 e. The SMILES string of the molecule is Nc1c([S+]([O-])C2CCC2)sc2nc(-c3cncnc3)cc(-c3ccn(C4CC4)n3)c12. The van der Waals surface area contributed by atoms with Gasteiger partial charge in [0.1, 0.15) is 22.1 Å². The maximum absolute atomic E-state index is 13.1. The monoisotopic (exact) mass is 436 g/mol. The van der Waals surface area contributed by atoms with Gasteiger partial charge < -0.3 is 10.3 Å². The molecule has 0 saturated heterocycles. The number of rotatable bonds is 5. The first-order valence-electron chi connectivity index (χ1n) is 10.1. The van der Waals surface area contributed by atoms with Crippen LogP contribution < -0.4 is 5.73 Å². The average Bonchev–Trinajstić information content (AvgIpc) is 3.36. The quantitative estimate of drug-likeness (QED) is 0.470. The minimum Gasteiger partial charge on any atom is -0.611 e. The molecule has 0 amide bonds. The molecule has 6 rings (SSSR count). The fourth-order valence-corrected chi connectivity index (χ4v) is 7.00. The van der Waals surface area contributed by atoms with Crippen LogP contribution in [-0.2, 0) is 11.2 Å². The largest absolute Gasteiger partial charge is 0.611 e. The molecule has 0 radical (unpaired) electrons. The van der Waals surface area contributed by atoms with Crippen molar-refractivity contribution in [3.05, 3.63) is 37.1 Å². The molecule has 30 heavy (non-hydrogen) atoms. The van der Waals surface area contributed by atoms with Crippen molar-refractivity contribution in [1.82, 2.24) is 24.7 Å². The van der Waals surface area contributed by atoms with Gasteiger partial charge >= 0.3 is 0 Å². The van der Waals surface area contributed by atoms with Crippen LogP contribution >= 0.6 is 11.3 Å². The van der Waals surface area contributed by atoms with E-state index in [-0.39, 0.29) is 5.25 Å². The zero-order chi connectivity index (χ0) is 20.2. The predicted octanol–water partition coefficient (Wildman–Crippen LogP) is 4.19. The summed E-state index contributed by atoms with van der Waals surface area (Å²) in [6.07, 6.45) is 12.5. The van der Waals surface area contributed by atoms with Crippen LogP contribution in [-0.4, -0.2) is 34.5 Å². The smallest absolute Gasteiger partial charge is 0.232 e. The van der Waals surface area contributed by atoms with E-state index in [0.29, 0.717) is 11.7 Å². The van der Waals surface area contributed by atoms with Crippen LogP contribution in [0.15, 0.2) is 41.3 Å². The van der Waals surface area contributed by atoms with Crippen molar-refractivity contribution >= 4 is 38.4 Å². The van der Waals surface area contributed by atoms with Gasteiger partial charge in [-0.3, -0.25) is 4.68 Å². The highest BCUT2D eigenvalue weighted by molar-refractivity contribution is 7.94. The van der Waals surface area contributed by atoms with Crippen LogP contribution in [0.5, 0.6) is 0 Å². The summed E-state index contributed by atoms with van der Waals surface area (Å²) in [7, 11) is 0. The lowest BCUT2D eigenvalue weighted by Gasteiger charge is -2.27. The van der Waals surface area contributed by atoms with E-state index in [1.165, 1.54) is 30.5 Å². The number of nitrogen functional groups attached to an aromatic ring is 1. The minimum atomic E-state index is -1.09. The third-order valence-corrected chi connectivity index (χ3v) is 9.16. The Balaban J connectivity index is 1.55. The van der Waals surface area contributed by atoms with Crippen molar-refractivity contribution in [1.29, 1.82) is 0 Å². The Hall–Kier alpha value is -2.49. The first-order chi connectivity index (χ1) is 14.7. The number of anilines is 1. The van der Waals surface area contributed by atoms with Crippen molar-refractivity contribution in [2.24, 2.45) is 0 Å². The molecule has 0 spiro atoms. The summed E-state index contributed by atoms with van der Waals surface area (Å²) in [5.74, 6) is 0. The number of fused-ring (bicyclic) bond motifs is 1. The Morgan fingerprint density at radius 2 is 1.93 bits per heavy atom. The molecule has 1 unspecified atom stereocenters. The Labute approximate surface area is 180 Å². The van der Waals surface area contributed by atoms with Gasteiger partial charge in [0.15, 0.2) is 0 Å². The molecule has 4 aromatic rings. The average molecular weight is 437 g/mol. The number of pyridine rings is 1. The molecule has 2 saturated carbocycles. The van der Waals surface area contributed by atoms with Crippen LogP contribution in [0.25, 0.3) is 32.7 Å². The fourth-order valence-electron chi connectivity index (χ4n) is 3.79. The van der Waals surface area contributed by atoms with Gasteiger partial charge in [0, 0.05) is 46.3 Å². The number of aromatic nitrogens is 5. The summed E-state index contributed by atoms with van der Waals surface area (Å²) >= 11 is 0.351. The maximum atomic E-state index is 13.1. The van der Waals surface area contributed by atoms with Crippen molar-refractivity contribution in [3.8, 4) is 22.5 Å². The molecule has 2 fully saturated rings. The lowest BCUT2D eigenvalue weighted by Crippen LogP contribution is -2.28. The van der Waals surface area contributed by atoms with E-state index in [2.05, 4.69) is 9.97 Å². The van der Waals surface area contributed by atoms with Crippen LogP contribution in [0.4, 0.5) is 5.69 Å². The Bertz CT molecular complexity index is 1230. The lowest BCUT2D eigenvalue weighted by atomic mass is 10.0. The van der Waals surface area contributed by atoms with Gasteiger partial charge in [0.2, 0.25) is 4.21 Å². The Morgan fingerprint density at radius 1 is 1.13 bits per heavy atom. The van der Waals surface area contributed by atoms with Crippen molar-refractivity contribution in [3.63, 3.8) is 0 Å². The molecular formula is C21H20N6OS2. The first kappa shape index (κ1) is 18.3. The highest BCUT2D eigenvalue weighted by Crippen LogP contribution is 2.46. The van der Waals surface area contributed by atoms with E-state index in [4.69, 9.17) is 15.8 Å². The second-order valence-corrected chi connectivity index (χ2v) is 10.9. The molecule has 0 aromatic carbocycles. The van der Waals surface area contributed by atoms with Gasteiger partial charge in [-0.1, -0.05) is 11.3 Å². The molecule has 2 aliphatic carbocycles. The molecule has 4 aromatic heterocycles. The molecule has 9 heteroatoms. The van der Waals surface area contributed by atoms with Gasteiger partial charge in [0.25, 0.3) is 0 Å². The molecule has 0 bridgehead atoms. The van der Waals surface area contributed by atoms with Gasteiger partial charge in [-0.2, -0.15) is 5.10 Å². The number of nitrogens with two attached hydrogens (primary N) is 1. The third kappa shape index (κ3) is 3.00. The summed E-state index contributed by atoms with van der Waals surface area (Å²) in [5.41, 5.74) is 10.5. The zero-order valence-corrected chi connectivity index (χ0v) is 17.8. The molecular weight excluding hydrogens is 416 g/mol. The van der Waals surface area contributed by atoms with E-state index < -0.39 is 11.2 Å². The zero-order valence-electron chi connectivity index (χ0n) is 16.2. The van der Waals surface area contributed by atoms with Gasteiger partial charge in [0.05, 0.1) is 17.4 Å². The van der Waals surface area contributed by atoms with Crippen LogP contribution in [0.1, 0.15) is 38.1 Å². The molecule has 2 N–H and O–H groups in total. The second-order valence-electron chi connectivity index (χ2n) is 7.93. The lowest BCUT2D eigenvalue weighted by molar-refractivity contribution is 0.478. The summed E-state index contributed by atoms with van der Waals surface area (Å²) in [4.78, 5) is 13.9. The van der Waals surface area contributed by atoms with Gasteiger partial charge in [-0.05, 0) is 44.2 Å². The number of nitrogens with zero attached hydrogens (tertiary/aromatic N) is 5. The van der Waals surface area contributed by atoms with E-state index in [0.717, 1.165) is 56.2 Å². The third-order valence-electron chi connectivity index (χ3n) is 5.86. The Kier molecular flexibility index (Phi) is 4.29.